The fourth-order valence-corrected chi connectivity index (χ4v) is 2.60. The molecular formula is C16H14Cl2N4O. The van der Waals surface area contributed by atoms with Crippen LogP contribution in [0.25, 0.3) is 5.69 Å². The summed E-state index contributed by atoms with van der Waals surface area (Å²) in [6.45, 7) is 3.86. The molecule has 1 heterocycles. The molecule has 0 saturated carbocycles. The van der Waals surface area contributed by atoms with Crippen LogP contribution in [-0.2, 0) is 4.79 Å². The molecule has 0 spiro atoms. The average Bonchev–Trinajstić information content (AvgIpc) is 2.77. The molecule has 0 atom stereocenters. The standard InChI is InChI=1S/C16H14Cl2N4O/c1-10-7-12(9-20-21-16(23)5-6-19)11(2)22(10)15-8-13(17)3-4-14(15)18/h3-4,7-9H,5H2,1-2H3,(H,21,23). The summed E-state index contributed by atoms with van der Waals surface area (Å²) in [6.07, 6.45) is 1.31. The third kappa shape index (κ3) is 3.92. The molecule has 1 N–H and O–H groups in total. The van der Waals surface area contributed by atoms with Gasteiger partial charge < -0.3 is 4.57 Å². The van der Waals surface area contributed by atoms with Crippen molar-refractivity contribution in [2.24, 2.45) is 5.10 Å². The summed E-state index contributed by atoms with van der Waals surface area (Å²) in [4.78, 5) is 11.2. The van der Waals surface area contributed by atoms with E-state index in [0.717, 1.165) is 22.6 Å². The second kappa shape index (κ2) is 7.32. The molecule has 0 aliphatic heterocycles. The van der Waals surface area contributed by atoms with Crippen LogP contribution in [0.1, 0.15) is 23.4 Å². The normalized spacial score (nSPS) is 10.7. The highest BCUT2D eigenvalue weighted by Gasteiger charge is 2.12. The van der Waals surface area contributed by atoms with Gasteiger partial charge in [-0.1, -0.05) is 23.2 Å². The lowest BCUT2D eigenvalue weighted by molar-refractivity contribution is -0.120. The van der Waals surface area contributed by atoms with Crippen molar-refractivity contribution in [2.45, 2.75) is 20.3 Å². The maximum atomic E-state index is 11.2. The maximum Gasteiger partial charge on any atom is 0.254 e. The third-order valence-corrected chi connectivity index (χ3v) is 3.81. The number of nitriles is 1. The van der Waals surface area contributed by atoms with Gasteiger partial charge >= 0.3 is 0 Å². The zero-order valence-electron chi connectivity index (χ0n) is 12.6. The van der Waals surface area contributed by atoms with Crippen LogP contribution in [-0.4, -0.2) is 16.7 Å². The fourth-order valence-electron chi connectivity index (χ4n) is 2.23. The van der Waals surface area contributed by atoms with Gasteiger partial charge in [0.15, 0.2) is 0 Å². The second-order valence-electron chi connectivity index (χ2n) is 4.89. The number of nitrogens with one attached hydrogen (secondary N) is 1. The molecule has 118 valence electrons. The summed E-state index contributed by atoms with van der Waals surface area (Å²) >= 11 is 12.3. The van der Waals surface area contributed by atoms with Gasteiger partial charge in [-0.15, -0.1) is 0 Å². The number of hydrazone groups is 1. The predicted molar refractivity (Wildman–Crippen MR) is 91.2 cm³/mol. The Kier molecular flexibility index (Phi) is 5.43. The minimum atomic E-state index is -0.449. The summed E-state index contributed by atoms with van der Waals surface area (Å²) in [7, 11) is 0. The van der Waals surface area contributed by atoms with Gasteiger partial charge in [-0.25, -0.2) is 5.43 Å². The predicted octanol–water partition coefficient (Wildman–Crippen LogP) is 3.76. The van der Waals surface area contributed by atoms with E-state index in [1.807, 2.05) is 24.5 Å². The molecular weight excluding hydrogens is 335 g/mol. The van der Waals surface area contributed by atoms with Gasteiger partial charge in [-0.2, -0.15) is 10.4 Å². The van der Waals surface area contributed by atoms with E-state index < -0.39 is 5.91 Å². The molecule has 5 nitrogen and oxygen atoms in total. The van der Waals surface area contributed by atoms with E-state index in [0.29, 0.717) is 10.0 Å². The van der Waals surface area contributed by atoms with Crippen LogP contribution < -0.4 is 5.43 Å². The number of carbonyl (C=O) groups is 1. The number of hydrogen-bond acceptors (Lipinski definition) is 3. The van der Waals surface area contributed by atoms with Crippen molar-refractivity contribution in [3.63, 3.8) is 0 Å². The molecule has 0 radical (unpaired) electrons. The van der Waals surface area contributed by atoms with Crippen LogP contribution in [0, 0.1) is 25.2 Å². The first-order valence-electron chi connectivity index (χ1n) is 6.77. The van der Waals surface area contributed by atoms with Gasteiger partial charge in [-0.05, 0) is 38.1 Å². The number of aryl methyl sites for hydroxylation is 1. The lowest BCUT2D eigenvalue weighted by Crippen LogP contribution is -2.16. The number of carbonyl (C=O) groups excluding carboxylic acids is 1. The van der Waals surface area contributed by atoms with Crippen molar-refractivity contribution in [1.29, 1.82) is 5.26 Å². The van der Waals surface area contributed by atoms with Crippen molar-refractivity contribution in [3.8, 4) is 11.8 Å². The summed E-state index contributed by atoms with van der Waals surface area (Å²) in [5, 5.41) is 13.5. The molecule has 1 aromatic carbocycles. The largest absolute Gasteiger partial charge is 0.316 e. The number of halogens is 2. The molecule has 1 amide bonds. The highest BCUT2D eigenvalue weighted by Crippen LogP contribution is 2.28. The van der Waals surface area contributed by atoms with Gasteiger partial charge in [0.2, 0.25) is 0 Å². The van der Waals surface area contributed by atoms with Crippen LogP contribution >= 0.6 is 23.2 Å². The van der Waals surface area contributed by atoms with E-state index in [-0.39, 0.29) is 6.42 Å². The molecule has 7 heteroatoms. The summed E-state index contributed by atoms with van der Waals surface area (Å²) in [5.41, 5.74) is 5.77. The van der Waals surface area contributed by atoms with E-state index in [2.05, 4.69) is 10.5 Å². The zero-order valence-corrected chi connectivity index (χ0v) is 14.1. The van der Waals surface area contributed by atoms with Gasteiger partial charge in [0, 0.05) is 22.0 Å². The van der Waals surface area contributed by atoms with E-state index in [4.69, 9.17) is 28.5 Å². The molecule has 0 bridgehead atoms. The summed E-state index contributed by atoms with van der Waals surface area (Å²) in [5.74, 6) is -0.449. The molecule has 0 fully saturated rings. The van der Waals surface area contributed by atoms with Gasteiger partial charge in [0.25, 0.3) is 5.91 Å². The minimum Gasteiger partial charge on any atom is -0.316 e. The molecule has 2 rings (SSSR count). The van der Waals surface area contributed by atoms with Gasteiger partial charge in [-0.3, -0.25) is 4.79 Å². The number of amides is 1. The molecule has 23 heavy (non-hydrogen) atoms. The second-order valence-corrected chi connectivity index (χ2v) is 5.73. The van der Waals surface area contributed by atoms with Gasteiger partial charge in [0.1, 0.15) is 6.42 Å². The van der Waals surface area contributed by atoms with Crippen molar-refractivity contribution in [3.05, 3.63) is 51.3 Å². The van der Waals surface area contributed by atoms with Crippen molar-refractivity contribution in [2.75, 3.05) is 0 Å². The van der Waals surface area contributed by atoms with Crippen LogP contribution in [0.3, 0.4) is 0 Å². The summed E-state index contributed by atoms with van der Waals surface area (Å²) < 4.78 is 1.96. The average molecular weight is 349 g/mol. The van der Waals surface area contributed by atoms with E-state index in [1.54, 1.807) is 24.3 Å². The number of benzene rings is 1. The minimum absolute atomic E-state index is 0.228. The Morgan fingerprint density at radius 3 is 2.83 bits per heavy atom. The third-order valence-electron chi connectivity index (χ3n) is 3.25. The van der Waals surface area contributed by atoms with Crippen LogP contribution in [0.4, 0.5) is 0 Å². The monoisotopic (exact) mass is 348 g/mol. The Labute approximate surface area is 144 Å². The lowest BCUT2D eigenvalue weighted by atomic mass is 10.2. The Bertz CT molecular complexity index is 818. The van der Waals surface area contributed by atoms with Gasteiger partial charge in [0.05, 0.1) is 23.0 Å². The zero-order chi connectivity index (χ0) is 17.0. The number of hydrogen-bond donors (Lipinski definition) is 1. The maximum absolute atomic E-state index is 11.2. The van der Waals surface area contributed by atoms with Crippen LogP contribution in [0.2, 0.25) is 10.0 Å². The van der Waals surface area contributed by atoms with Crippen LogP contribution in [0.15, 0.2) is 29.4 Å². The Hall–Kier alpha value is -2.29. The Morgan fingerprint density at radius 1 is 1.39 bits per heavy atom. The molecule has 0 aliphatic carbocycles. The Morgan fingerprint density at radius 2 is 2.13 bits per heavy atom. The quantitative estimate of drug-likeness (QED) is 0.674. The van der Waals surface area contributed by atoms with E-state index in [9.17, 15) is 4.79 Å². The first kappa shape index (κ1) is 17.1. The van der Waals surface area contributed by atoms with Crippen molar-refractivity contribution in [1.82, 2.24) is 9.99 Å². The topological polar surface area (TPSA) is 70.2 Å². The highest BCUT2D eigenvalue weighted by atomic mass is 35.5. The van der Waals surface area contributed by atoms with Crippen molar-refractivity contribution < 1.29 is 4.79 Å². The van der Waals surface area contributed by atoms with Crippen LogP contribution in [0.5, 0.6) is 0 Å². The van der Waals surface area contributed by atoms with E-state index in [1.165, 1.54) is 6.21 Å². The highest BCUT2D eigenvalue weighted by molar-refractivity contribution is 6.34. The molecule has 2 aromatic rings. The molecule has 0 unspecified atom stereocenters. The number of nitrogens with zero attached hydrogens (tertiary/aromatic N) is 3. The molecule has 1 aromatic heterocycles. The number of aromatic nitrogens is 1. The van der Waals surface area contributed by atoms with E-state index >= 15 is 0 Å². The first-order valence-corrected chi connectivity index (χ1v) is 7.53. The number of rotatable bonds is 4. The SMILES string of the molecule is Cc1cc(C=NNC(=O)CC#N)c(C)n1-c1cc(Cl)ccc1Cl. The molecule has 0 aliphatic rings. The van der Waals surface area contributed by atoms with Crippen molar-refractivity contribution >= 4 is 35.3 Å². The smallest absolute Gasteiger partial charge is 0.254 e. The first-order chi connectivity index (χ1) is 10.9. The fraction of sp³-hybridized carbons (Fsp3) is 0.188. The lowest BCUT2D eigenvalue weighted by Gasteiger charge is -2.12. The Balaban J connectivity index is 2.33. The summed E-state index contributed by atoms with van der Waals surface area (Å²) in [6, 6.07) is 8.95. The molecule has 0 saturated heterocycles.